The van der Waals surface area contributed by atoms with Gasteiger partial charge in [-0.25, -0.2) is 4.68 Å². The van der Waals surface area contributed by atoms with E-state index in [2.05, 4.69) is 61.1 Å². The molecule has 1 aliphatic carbocycles. The van der Waals surface area contributed by atoms with E-state index in [9.17, 15) is 9.59 Å². The number of hydrogen-bond acceptors (Lipinski definition) is 4. The fraction of sp³-hybridized carbons (Fsp3) is 0.324. The molecule has 6 nitrogen and oxygen atoms in total. The number of nitrogens with one attached hydrogen (secondary N) is 1. The zero-order chi connectivity index (χ0) is 30.5. The van der Waals surface area contributed by atoms with E-state index in [1.54, 1.807) is 4.68 Å². The highest BCUT2D eigenvalue weighted by atomic mass is 16.1. The Morgan fingerprint density at radius 1 is 0.907 bits per heavy atom. The number of aryl methyl sites for hydroxylation is 1. The molecule has 0 radical (unpaired) electrons. The Labute approximate surface area is 253 Å². The summed E-state index contributed by atoms with van der Waals surface area (Å²) in [4.78, 5) is 35.4. The summed E-state index contributed by atoms with van der Waals surface area (Å²) in [6.45, 7) is 13.4. The zero-order valence-electron chi connectivity index (χ0n) is 26.0. The number of aromatic amines is 1. The topological polar surface area (TPSA) is 70.5 Å². The number of nitrogens with zero attached hydrogens (tertiary/aromatic N) is 3. The monoisotopic (exact) mass is 572 g/mol. The molecule has 1 N–H and O–H groups in total. The lowest BCUT2D eigenvalue weighted by atomic mass is 9.74. The number of aliphatic imine (C=N–C) groups is 1. The Bertz CT molecular complexity index is 1840. The summed E-state index contributed by atoms with van der Waals surface area (Å²) in [6, 6.07) is 18.1. The van der Waals surface area contributed by atoms with Crippen molar-refractivity contribution >= 4 is 22.8 Å². The molecule has 0 atom stereocenters. The first-order chi connectivity index (χ1) is 20.6. The fourth-order valence-corrected chi connectivity index (χ4v) is 6.76. The Morgan fingerprint density at radius 2 is 1.63 bits per heavy atom. The maximum Gasteiger partial charge on any atom is 0.279 e. The van der Waals surface area contributed by atoms with Gasteiger partial charge in [-0.1, -0.05) is 76.4 Å². The predicted octanol–water partition coefficient (Wildman–Crippen LogP) is 7.75. The number of Topliss-reactive ketones (excluding diaryl/α,β-unsaturated/α-hetero) is 1. The first-order valence-electron chi connectivity index (χ1n) is 15.4. The average molecular weight is 573 g/mol. The van der Waals surface area contributed by atoms with Gasteiger partial charge in [-0.15, -0.1) is 0 Å². The Kier molecular flexibility index (Phi) is 7.33. The third kappa shape index (κ3) is 4.69. The molecule has 6 rings (SSSR count). The number of anilines is 1. The number of benzene rings is 2. The fourth-order valence-electron chi connectivity index (χ4n) is 6.76. The van der Waals surface area contributed by atoms with Gasteiger partial charge in [0.2, 0.25) is 0 Å². The van der Waals surface area contributed by atoms with Crippen molar-refractivity contribution in [1.29, 1.82) is 0 Å². The van der Waals surface area contributed by atoms with Crippen LogP contribution in [0, 0.1) is 6.92 Å². The van der Waals surface area contributed by atoms with Gasteiger partial charge < -0.3 is 4.90 Å². The molecule has 1 aromatic heterocycles. The third-order valence-corrected chi connectivity index (χ3v) is 8.97. The van der Waals surface area contributed by atoms with Gasteiger partial charge in [-0.2, -0.15) is 0 Å². The van der Waals surface area contributed by atoms with Crippen LogP contribution in [0.2, 0.25) is 0 Å². The molecule has 0 unspecified atom stereocenters. The van der Waals surface area contributed by atoms with E-state index < -0.39 is 0 Å². The van der Waals surface area contributed by atoms with Gasteiger partial charge in [0.1, 0.15) is 0 Å². The average Bonchev–Trinajstić information content (AvgIpc) is 3.55. The summed E-state index contributed by atoms with van der Waals surface area (Å²) in [5.41, 5.74) is 9.29. The van der Waals surface area contributed by atoms with Crippen LogP contribution in [0.1, 0.15) is 77.1 Å². The number of carbonyl (C=O) groups excluding carboxylic acids is 1. The molecule has 2 aliphatic heterocycles. The number of rotatable bonds is 8. The summed E-state index contributed by atoms with van der Waals surface area (Å²) in [5, 5.41) is 3.27. The van der Waals surface area contributed by atoms with E-state index in [0.29, 0.717) is 28.0 Å². The van der Waals surface area contributed by atoms with E-state index in [1.165, 1.54) is 24.1 Å². The quantitative estimate of drug-likeness (QED) is 0.222. The van der Waals surface area contributed by atoms with Crippen molar-refractivity contribution < 1.29 is 4.79 Å². The number of para-hydroxylation sites is 2. The van der Waals surface area contributed by atoms with Crippen molar-refractivity contribution in [2.45, 2.75) is 72.6 Å². The van der Waals surface area contributed by atoms with Gasteiger partial charge in [0.25, 0.3) is 5.56 Å². The van der Waals surface area contributed by atoms with Gasteiger partial charge in [0.15, 0.2) is 5.78 Å². The molecule has 43 heavy (non-hydrogen) atoms. The Morgan fingerprint density at radius 3 is 2.33 bits per heavy atom. The number of unbranched alkanes of at least 4 members (excludes halogenated alkanes) is 3. The largest absolute Gasteiger partial charge is 0.344 e. The zero-order valence-corrected chi connectivity index (χ0v) is 26.0. The highest BCUT2D eigenvalue weighted by Gasteiger charge is 2.44. The van der Waals surface area contributed by atoms with Crippen LogP contribution >= 0.6 is 0 Å². The van der Waals surface area contributed by atoms with Crippen LogP contribution < -0.4 is 10.5 Å². The van der Waals surface area contributed by atoms with E-state index >= 15 is 0 Å². The van der Waals surface area contributed by atoms with Gasteiger partial charge >= 0.3 is 0 Å². The van der Waals surface area contributed by atoms with Gasteiger partial charge in [-0.05, 0) is 68.7 Å². The first kappa shape index (κ1) is 28.7. The number of ketones is 1. The lowest BCUT2D eigenvalue weighted by Gasteiger charge is -2.31. The van der Waals surface area contributed by atoms with E-state index in [1.807, 2.05) is 57.2 Å². The van der Waals surface area contributed by atoms with Crippen LogP contribution in [-0.2, 0) is 10.2 Å². The van der Waals surface area contributed by atoms with Crippen LogP contribution in [0.5, 0.6) is 0 Å². The number of aromatic nitrogens is 2. The van der Waals surface area contributed by atoms with Gasteiger partial charge in [0.05, 0.1) is 22.5 Å². The Hall–Kier alpha value is -4.45. The summed E-state index contributed by atoms with van der Waals surface area (Å²) < 4.78 is 1.56. The van der Waals surface area contributed by atoms with E-state index in [4.69, 9.17) is 4.99 Å². The van der Waals surface area contributed by atoms with Gasteiger partial charge in [0, 0.05) is 45.9 Å². The molecular formula is C37H40N4O2. The number of carbonyl (C=O) groups is 1. The summed E-state index contributed by atoms with van der Waals surface area (Å²) >= 11 is 0. The van der Waals surface area contributed by atoms with Crippen LogP contribution in [0.4, 0.5) is 5.69 Å². The second-order valence-corrected chi connectivity index (χ2v) is 12.4. The third-order valence-electron chi connectivity index (χ3n) is 8.97. The second-order valence-electron chi connectivity index (χ2n) is 12.4. The maximum atomic E-state index is 14.2. The minimum atomic E-state index is -0.308. The minimum absolute atomic E-state index is 0.0624. The highest BCUT2D eigenvalue weighted by Crippen LogP contribution is 2.50. The van der Waals surface area contributed by atoms with E-state index in [0.717, 1.165) is 47.7 Å². The number of H-pyrrole nitrogens is 1. The molecule has 3 heterocycles. The molecule has 0 saturated carbocycles. The van der Waals surface area contributed by atoms with Crippen molar-refractivity contribution in [2.75, 3.05) is 11.4 Å². The van der Waals surface area contributed by atoms with Crippen LogP contribution in [-0.4, -0.2) is 27.8 Å². The lowest BCUT2D eigenvalue weighted by molar-refractivity contribution is -0.112. The first-order valence-corrected chi connectivity index (χ1v) is 15.4. The lowest BCUT2D eigenvalue weighted by Crippen LogP contribution is -2.31. The second kappa shape index (κ2) is 11.0. The Balaban J connectivity index is 1.57. The molecule has 2 aromatic carbocycles. The molecule has 3 aliphatic rings. The summed E-state index contributed by atoms with van der Waals surface area (Å²) in [6.07, 6.45) is 8.67. The van der Waals surface area contributed by atoms with Crippen LogP contribution in [0.3, 0.4) is 0 Å². The molecule has 0 bridgehead atoms. The van der Waals surface area contributed by atoms with Crippen LogP contribution in [0.25, 0.3) is 11.3 Å². The molecule has 0 amide bonds. The van der Waals surface area contributed by atoms with Crippen molar-refractivity contribution in [3.05, 3.63) is 122 Å². The van der Waals surface area contributed by atoms with Gasteiger partial charge in [-0.3, -0.25) is 19.7 Å². The number of hydrogen-bond donors (Lipinski definition) is 1. The highest BCUT2D eigenvalue weighted by molar-refractivity contribution is 6.35. The summed E-state index contributed by atoms with van der Waals surface area (Å²) in [5.74, 6) is -0.0624. The number of allylic oxidation sites excluding steroid dienone is 7. The van der Waals surface area contributed by atoms with Crippen molar-refractivity contribution in [3.8, 4) is 5.69 Å². The molecule has 6 heteroatoms. The maximum absolute atomic E-state index is 14.2. The summed E-state index contributed by atoms with van der Waals surface area (Å²) in [7, 11) is 0. The molecule has 220 valence electrons. The molecule has 0 fully saturated rings. The minimum Gasteiger partial charge on any atom is -0.344 e. The molecule has 3 aromatic rings. The van der Waals surface area contributed by atoms with Crippen LogP contribution in [0.15, 0.2) is 105 Å². The predicted molar refractivity (Wildman–Crippen MR) is 176 cm³/mol. The molecular weight excluding hydrogens is 532 g/mol. The number of fused-ring (bicyclic) bond motifs is 1. The standard InChI is InChI=1S/C37H40N4O2/c1-7-8-9-15-20-40-29-19-14-13-18-28(29)37(5,6)30(40)22-27-32(33(35(27)42)34-23(2)21-24(3)38-34)31-25(4)39-41(36(31)43)26-16-11-10-12-17-26/h10-14,16-19,21-22,39H,7-9,15,20H2,1-6H3/b30-22+,34-33+. The molecule has 0 spiro atoms. The van der Waals surface area contributed by atoms with Crippen molar-refractivity contribution in [2.24, 2.45) is 4.99 Å². The molecule has 0 saturated heterocycles. The van der Waals surface area contributed by atoms with Crippen molar-refractivity contribution in [1.82, 2.24) is 9.78 Å². The smallest absolute Gasteiger partial charge is 0.279 e. The normalized spacial score (nSPS) is 20.1. The van der Waals surface area contributed by atoms with Crippen molar-refractivity contribution in [3.63, 3.8) is 0 Å². The SMILES string of the molecule is CCCCCCN1/C(=C/C2=C(c3c(C)[nH]n(-c4ccccc4)c3=O)C(=C3\N=C(C)C=C3C)/C2=O)C(C)(C)c2ccccc21. The van der Waals surface area contributed by atoms with E-state index in [-0.39, 0.29) is 16.8 Å².